The summed E-state index contributed by atoms with van der Waals surface area (Å²) in [5, 5.41) is 0.181. The Labute approximate surface area is 73.6 Å². The van der Waals surface area contributed by atoms with Crippen LogP contribution in [-0.4, -0.2) is 22.6 Å². The zero-order chi connectivity index (χ0) is 8.31. The molecule has 0 amide bonds. The van der Waals surface area contributed by atoms with Crippen molar-refractivity contribution >= 4 is 25.3 Å². The molecule has 0 spiro atoms. The molecule has 2 nitrogen and oxygen atoms in total. The molecule has 0 radical (unpaired) electrons. The first-order valence-corrected chi connectivity index (χ1v) is 4.37. The first-order valence-electron chi connectivity index (χ1n) is 3.34. The highest BCUT2D eigenvalue weighted by molar-refractivity contribution is 7.82. The smallest absolute Gasteiger partial charge is 0.0327 e. The molecule has 0 saturated heterocycles. The van der Waals surface area contributed by atoms with Crippen LogP contribution in [0.25, 0.3) is 0 Å². The molecule has 0 aliphatic heterocycles. The maximum absolute atomic E-state index is 5.73. The molecule has 0 rings (SSSR count). The molecule has 0 bridgehead atoms. The minimum atomic E-state index is -0.0355. The third kappa shape index (κ3) is 3.14. The van der Waals surface area contributed by atoms with E-state index in [1.807, 2.05) is 13.8 Å². The van der Waals surface area contributed by atoms with E-state index < -0.39 is 0 Å². The Morgan fingerprint density at radius 3 is 1.60 bits per heavy atom. The van der Waals surface area contributed by atoms with Crippen LogP contribution in [0.15, 0.2) is 0 Å². The van der Waals surface area contributed by atoms with Crippen molar-refractivity contribution in [1.29, 1.82) is 0 Å². The summed E-state index contributed by atoms with van der Waals surface area (Å²) < 4.78 is 0. The molecule has 4 N–H and O–H groups in total. The van der Waals surface area contributed by atoms with Crippen LogP contribution < -0.4 is 11.5 Å². The van der Waals surface area contributed by atoms with Gasteiger partial charge in [-0.25, -0.2) is 0 Å². The summed E-state index contributed by atoms with van der Waals surface area (Å²) in [5.74, 6) is 0. The molecule has 0 heterocycles. The maximum Gasteiger partial charge on any atom is 0.0327 e. The Kier molecular flexibility index (Phi) is 4.77. The molecule has 0 aliphatic carbocycles. The van der Waals surface area contributed by atoms with Gasteiger partial charge in [-0.05, 0) is 6.92 Å². The minimum absolute atomic E-state index is 0.0212. The Morgan fingerprint density at radius 2 is 1.50 bits per heavy atom. The van der Waals surface area contributed by atoms with Crippen molar-refractivity contribution in [3.05, 3.63) is 0 Å². The Bertz CT molecular complexity index is 83.7. The SMILES string of the molecule is CC(N)C(S)C(N)C(C)S. The van der Waals surface area contributed by atoms with E-state index in [2.05, 4.69) is 25.3 Å². The van der Waals surface area contributed by atoms with E-state index >= 15 is 0 Å². The first kappa shape index (κ1) is 10.6. The lowest BCUT2D eigenvalue weighted by molar-refractivity contribution is 0.563. The molecular weight excluding hydrogens is 164 g/mol. The molecule has 10 heavy (non-hydrogen) atoms. The van der Waals surface area contributed by atoms with Crippen LogP contribution >= 0.6 is 25.3 Å². The second-order valence-corrected chi connectivity index (χ2v) is 4.08. The largest absolute Gasteiger partial charge is 0.327 e. The minimum Gasteiger partial charge on any atom is -0.327 e. The van der Waals surface area contributed by atoms with Gasteiger partial charge in [-0.1, -0.05) is 6.92 Å². The second-order valence-electron chi connectivity index (χ2n) is 2.67. The Balaban J connectivity index is 3.81. The van der Waals surface area contributed by atoms with E-state index in [-0.39, 0.29) is 22.6 Å². The fraction of sp³-hybridized carbons (Fsp3) is 1.00. The van der Waals surface area contributed by atoms with Crippen molar-refractivity contribution in [1.82, 2.24) is 0 Å². The molecule has 0 fully saturated rings. The van der Waals surface area contributed by atoms with Crippen LogP contribution in [-0.2, 0) is 0 Å². The normalized spacial score (nSPS) is 23.4. The van der Waals surface area contributed by atoms with Gasteiger partial charge in [0.2, 0.25) is 0 Å². The first-order chi connectivity index (χ1) is 4.46. The Morgan fingerprint density at radius 1 is 1.10 bits per heavy atom. The summed E-state index contributed by atoms with van der Waals surface area (Å²) in [4.78, 5) is 0. The molecule has 4 heteroatoms. The van der Waals surface area contributed by atoms with Gasteiger partial charge in [-0.15, -0.1) is 0 Å². The standard InChI is InChI=1S/C6H16N2S2/c1-3(7)6(10)5(8)4(2)9/h3-6,9-10H,7-8H2,1-2H3. The third-order valence-corrected chi connectivity index (χ3v) is 2.65. The fourth-order valence-corrected chi connectivity index (χ4v) is 1.22. The van der Waals surface area contributed by atoms with Gasteiger partial charge >= 0.3 is 0 Å². The lowest BCUT2D eigenvalue weighted by Crippen LogP contribution is -2.46. The molecule has 0 saturated carbocycles. The second kappa shape index (κ2) is 4.49. The van der Waals surface area contributed by atoms with Gasteiger partial charge in [-0.2, -0.15) is 25.3 Å². The van der Waals surface area contributed by atoms with Gasteiger partial charge in [0, 0.05) is 22.6 Å². The summed E-state index contributed by atoms with van der Waals surface area (Å²) in [6.45, 7) is 3.84. The molecule has 4 unspecified atom stereocenters. The lowest BCUT2D eigenvalue weighted by Gasteiger charge is -2.24. The molecule has 62 valence electrons. The summed E-state index contributed by atoms with van der Waals surface area (Å²) in [7, 11) is 0. The average Bonchev–Trinajstić information content (AvgIpc) is 1.84. The highest BCUT2D eigenvalue weighted by Crippen LogP contribution is 2.10. The summed E-state index contributed by atoms with van der Waals surface area (Å²) >= 11 is 8.46. The summed E-state index contributed by atoms with van der Waals surface area (Å²) in [6.07, 6.45) is 0. The van der Waals surface area contributed by atoms with Gasteiger partial charge in [0.25, 0.3) is 0 Å². The van der Waals surface area contributed by atoms with Crippen molar-refractivity contribution in [3.8, 4) is 0 Å². The predicted molar refractivity (Wildman–Crippen MR) is 52.8 cm³/mol. The highest BCUT2D eigenvalue weighted by Gasteiger charge is 2.20. The van der Waals surface area contributed by atoms with E-state index in [0.717, 1.165) is 0 Å². The van der Waals surface area contributed by atoms with E-state index in [0.29, 0.717) is 0 Å². The van der Waals surface area contributed by atoms with E-state index in [1.54, 1.807) is 0 Å². The molecule has 4 atom stereocenters. The monoisotopic (exact) mass is 180 g/mol. The van der Waals surface area contributed by atoms with Crippen LogP contribution in [0.2, 0.25) is 0 Å². The zero-order valence-electron chi connectivity index (χ0n) is 6.36. The van der Waals surface area contributed by atoms with Crippen molar-refractivity contribution in [3.63, 3.8) is 0 Å². The molecule has 0 aliphatic rings. The number of rotatable bonds is 3. The van der Waals surface area contributed by atoms with Crippen molar-refractivity contribution in [2.24, 2.45) is 11.5 Å². The topological polar surface area (TPSA) is 52.0 Å². The van der Waals surface area contributed by atoms with Gasteiger partial charge in [0.05, 0.1) is 0 Å². The summed E-state index contributed by atoms with van der Waals surface area (Å²) in [5.41, 5.74) is 11.3. The van der Waals surface area contributed by atoms with Crippen LogP contribution in [0, 0.1) is 0 Å². The van der Waals surface area contributed by atoms with Crippen molar-refractivity contribution < 1.29 is 0 Å². The lowest BCUT2D eigenvalue weighted by atomic mass is 10.1. The average molecular weight is 180 g/mol. The number of hydrogen-bond donors (Lipinski definition) is 4. The molecule has 0 aromatic rings. The maximum atomic E-state index is 5.73. The van der Waals surface area contributed by atoms with Gasteiger partial charge in [0.1, 0.15) is 0 Å². The molecule has 0 aromatic carbocycles. The van der Waals surface area contributed by atoms with Crippen molar-refractivity contribution in [2.45, 2.75) is 36.4 Å². The predicted octanol–water partition coefficient (Wildman–Crippen LogP) is 0.278. The number of nitrogens with two attached hydrogens (primary N) is 2. The van der Waals surface area contributed by atoms with Crippen molar-refractivity contribution in [2.75, 3.05) is 0 Å². The summed E-state index contributed by atoms with van der Waals surface area (Å²) in [6, 6.07) is -0.0143. The number of thiol groups is 2. The highest BCUT2D eigenvalue weighted by atomic mass is 32.1. The van der Waals surface area contributed by atoms with Crippen LogP contribution in [0.3, 0.4) is 0 Å². The van der Waals surface area contributed by atoms with Gasteiger partial charge < -0.3 is 11.5 Å². The van der Waals surface area contributed by atoms with E-state index in [4.69, 9.17) is 11.5 Å². The van der Waals surface area contributed by atoms with Crippen LogP contribution in [0.1, 0.15) is 13.8 Å². The quantitative estimate of drug-likeness (QED) is 0.472. The van der Waals surface area contributed by atoms with E-state index in [1.165, 1.54) is 0 Å². The van der Waals surface area contributed by atoms with Gasteiger partial charge in [-0.3, -0.25) is 0 Å². The third-order valence-electron chi connectivity index (χ3n) is 1.49. The Hall–Kier alpha value is 0.620. The fourth-order valence-electron chi connectivity index (χ4n) is 0.636. The van der Waals surface area contributed by atoms with Gasteiger partial charge in [0.15, 0.2) is 0 Å². The van der Waals surface area contributed by atoms with Crippen LogP contribution in [0.4, 0.5) is 0 Å². The zero-order valence-corrected chi connectivity index (χ0v) is 8.15. The number of hydrogen-bond acceptors (Lipinski definition) is 4. The molecule has 0 aromatic heterocycles. The van der Waals surface area contributed by atoms with E-state index in [9.17, 15) is 0 Å². The van der Waals surface area contributed by atoms with Crippen LogP contribution in [0.5, 0.6) is 0 Å². The molecular formula is C6H16N2S2.